The van der Waals surface area contributed by atoms with Crippen molar-refractivity contribution in [1.29, 1.82) is 0 Å². The summed E-state index contributed by atoms with van der Waals surface area (Å²) in [5.41, 5.74) is 5.02. The van der Waals surface area contributed by atoms with Gasteiger partial charge in [0, 0.05) is 11.1 Å². The number of ketones is 1. The highest BCUT2D eigenvalue weighted by Crippen LogP contribution is 2.26. The van der Waals surface area contributed by atoms with Crippen LogP contribution in [-0.4, -0.2) is 15.8 Å². The number of nitrogens with zero attached hydrogens (tertiary/aromatic N) is 2. The van der Waals surface area contributed by atoms with Crippen molar-refractivity contribution in [2.45, 2.75) is 20.8 Å². The van der Waals surface area contributed by atoms with Crippen LogP contribution in [0.1, 0.15) is 28.5 Å². The third-order valence-corrected chi connectivity index (χ3v) is 3.59. The summed E-state index contributed by atoms with van der Waals surface area (Å²) in [6.07, 6.45) is 0. The fourth-order valence-electron chi connectivity index (χ4n) is 2.54. The van der Waals surface area contributed by atoms with Gasteiger partial charge in [-0.1, -0.05) is 0 Å². The van der Waals surface area contributed by atoms with E-state index in [2.05, 4.69) is 9.97 Å². The Balaban J connectivity index is 2.31. The average Bonchev–Trinajstić information content (AvgIpc) is 2.46. The number of aromatic nitrogens is 2. The monoisotopic (exact) mass is 294 g/mol. The predicted octanol–water partition coefficient (Wildman–Crippen LogP) is 4.26. The van der Waals surface area contributed by atoms with Crippen molar-refractivity contribution in [1.82, 2.24) is 9.97 Å². The summed E-state index contributed by atoms with van der Waals surface area (Å²) in [5.74, 6) is -0.341. The molecule has 4 heteroatoms. The van der Waals surface area contributed by atoms with E-state index in [1.807, 2.05) is 26.0 Å². The van der Waals surface area contributed by atoms with Crippen LogP contribution in [0.15, 0.2) is 36.4 Å². The second-order valence-corrected chi connectivity index (χ2v) is 5.40. The SMILES string of the molecule is CC(=O)c1cc(C)cc2nc(C)c(-c3ccc(F)cc3)nc12. The molecule has 0 amide bonds. The number of hydrogen-bond donors (Lipinski definition) is 0. The number of Topliss-reactive ketones (excluding diaryl/α,β-unsaturated/α-hetero) is 1. The number of fused-ring (bicyclic) bond motifs is 1. The minimum absolute atomic E-state index is 0.0445. The third-order valence-electron chi connectivity index (χ3n) is 3.59. The maximum atomic E-state index is 13.1. The van der Waals surface area contributed by atoms with Crippen LogP contribution < -0.4 is 0 Å². The van der Waals surface area contributed by atoms with Crippen LogP contribution in [0.4, 0.5) is 4.39 Å². The molecule has 3 nitrogen and oxygen atoms in total. The standard InChI is InChI=1S/C18H15FN2O/c1-10-8-15(12(3)22)18-16(9-10)20-11(2)17(21-18)13-4-6-14(19)7-5-13/h4-9H,1-3H3. The second kappa shape index (κ2) is 5.30. The smallest absolute Gasteiger partial charge is 0.162 e. The van der Waals surface area contributed by atoms with Crippen LogP contribution in [0.3, 0.4) is 0 Å². The molecule has 0 bridgehead atoms. The van der Waals surface area contributed by atoms with Crippen molar-refractivity contribution in [3.05, 3.63) is 59.0 Å². The maximum Gasteiger partial charge on any atom is 0.162 e. The Bertz CT molecular complexity index is 886. The molecule has 0 saturated carbocycles. The molecule has 3 rings (SSSR count). The molecule has 110 valence electrons. The van der Waals surface area contributed by atoms with E-state index in [4.69, 9.17) is 0 Å². The molecule has 0 spiro atoms. The van der Waals surface area contributed by atoms with Crippen LogP contribution in [0.25, 0.3) is 22.3 Å². The Morgan fingerprint density at radius 3 is 2.36 bits per heavy atom. The Kier molecular flexibility index (Phi) is 3.45. The molecule has 22 heavy (non-hydrogen) atoms. The second-order valence-electron chi connectivity index (χ2n) is 5.40. The van der Waals surface area contributed by atoms with Crippen LogP contribution in [0, 0.1) is 19.7 Å². The zero-order chi connectivity index (χ0) is 15.9. The van der Waals surface area contributed by atoms with Gasteiger partial charge in [-0.2, -0.15) is 0 Å². The minimum Gasteiger partial charge on any atom is -0.294 e. The molecular weight excluding hydrogens is 279 g/mol. The molecule has 0 unspecified atom stereocenters. The summed E-state index contributed by atoms with van der Waals surface area (Å²) in [7, 11) is 0. The molecule has 0 atom stereocenters. The lowest BCUT2D eigenvalue weighted by Gasteiger charge is -2.10. The van der Waals surface area contributed by atoms with E-state index in [1.54, 1.807) is 12.1 Å². The lowest BCUT2D eigenvalue weighted by atomic mass is 10.0. The molecule has 0 aliphatic carbocycles. The van der Waals surface area contributed by atoms with Gasteiger partial charge in [0.15, 0.2) is 5.78 Å². The van der Waals surface area contributed by atoms with Crippen LogP contribution >= 0.6 is 0 Å². The van der Waals surface area contributed by atoms with Gasteiger partial charge in [-0.25, -0.2) is 14.4 Å². The third kappa shape index (κ3) is 2.48. The topological polar surface area (TPSA) is 42.9 Å². The summed E-state index contributed by atoms with van der Waals surface area (Å²) in [5, 5.41) is 0. The Morgan fingerprint density at radius 2 is 1.73 bits per heavy atom. The van der Waals surface area contributed by atoms with E-state index in [-0.39, 0.29) is 11.6 Å². The van der Waals surface area contributed by atoms with Crippen molar-refractivity contribution in [3.63, 3.8) is 0 Å². The number of aryl methyl sites for hydroxylation is 2. The van der Waals surface area contributed by atoms with Crippen LogP contribution in [0.2, 0.25) is 0 Å². The van der Waals surface area contributed by atoms with Crippen molar-refractivity contribution < 1.29 is 9.18 Å². The number of halogens is 1. The average molecular weight is 294 g/mol. The Hall–Kier alpha value is -2.62. The van der Waals surface area contributed by atoms with Gasteiger partial charge in [0.05, 0.1) is 16.9 Å². The molecule has 0 aliphatic heterocycles. The van der Waals surface area contributed by atoms with Crippen molar-refractivity contribution in [3.8, 4) is 11.3 Å². The molecule has 1 heterocycles. The highest BCUT2D eigenvalue weighted by atomic mass is 19.1. The van der Waals surface area contributed by atoms with Crippen LogP contribution in [-0.2, 0) is 0 Å². The van der Waals surface area contributed by atoms with E-state index in [0.29, 0.717) is 22.3 Å². The molecule has 1 aromatic heterocycles. The highest BCUT2D eigenvalue weighted by molar-refractivity contribution is 6.05. The molecular formula is C18H15FN2O. The van der Waals surface area contributed by atoms with E-state index in [1.165, 1.54) is 19.1 Å². The number of carbonyl (C=O) groups excluding carboxylic acids is 1. The fraction of sp³-hybridized carbons (Fsp3) is 0.167. The van der Waals surface area contributed by atoms with E-state index < -0.39 is 0 Å². The summed E-state index contributed by atoms with van der Waals surface area (Å²) >= 11 is 0. The zero-order valence-electron chi connectivity index (χ0n) is 12.6. The van der Waals surface area contributed by atoms with Gasteiger partial charge >= 0.3 is 0 Å². The normalized spacial score (nSPS) is 10.9. The van der Waals surface area contributed by atoms with E-state index >= 15 is 0 Å². The van der Waals surface area contributed by atoms with Gasteiger partial charge in [0.25, 0.3) is 0 Å². The lowest BCUT2D eigenvalue weighted by molar-refractivity contribution is 0.101. The Morgan fingerprint density at radius 1 is 1.05 bits per heavy atom. The molecule has 0 saturated heterocycles. The van der Waals surface area contributed by atoms with Gasteiger partial charge in [0.1, 0.15) is 11.3 Å². The van der Waals surface area contributed by atoms with Crippen molar-refractivity contribution >= 4 is 16.8 Å². The first-order valence-electron chi connectivity index (χ1n) is 7.01. The summed E-state index contributed by atoms with van der Waals surface area (Å²) in [6, 6.07) is 9.85. The molecule has 0 N–H and O–H groups in total. The largest absolute Gasteiger partial charge is 0.294 e. The number of hydrogen-bond acceptors (Lipinski definition) is 3. The minimum atomic E-state index is -0.296. The molecule has 2 aromatic carbocycles. The summed E-state index contributed by atoms with van der Waals surface area (Å²) < 4.78 is 13.1. The molecule has 3 aromatic rings. The lowest BCUT2D eigenvalue weighted by Crippen LogP contribution is -2.01. The first kappa shape index (κ1) is 14.3. The fourth-order valence-corrected chi connectivity index (χ4v) is 2.54. The molecule has 0 radical (unpaired) electrons. The zero-order valence-corrected chi connectivity index (χ0v) is 12.6. The summed E-state index contributed by atoms with van der Waals surface area (Å²) in [4.78, 5) is 21.1. The number of carbonyl (C=O) groups is 1. The first-order valence-corrected chi connectivity index (χ1v) is 7.01. The highest BCUT2D eigenvalue weighted by Gasteiger charge is 2.13. The van der Waals surface area contributed by atoms with Gasteiger partial charge in [-0.05, 0) is 62.7 Å². The van der Waals surface area contributed by atoms with E-state index in [0.717, 1.165) is 16.8 Å². The predicted molar refractivity (Wildman–Crippen MR) is 84.4 cm³/mol. The van der Waals surface area contributed by atoms with Gasteiger partial charge in [-0.3, -0.25) is 4.79 Å². The number of benzene rings is 2. The van der Waals surface area contributed by atoms with E-state index in [9.17, 15) is 9.18 Å². The summed E-state index contributed by atoms with van der Waals surface area (Å²) in [6.45, 7) is 5.31. The maximum absolute atomic E-state index is 13.1. The van der Waals surface area contributed by atoms with Gasteiger partial charge in [-0.15, -0.1) is 0 Å². The van der Waals surface area contributed by atoms with Gasteiger partial charge < -0.3 is 0 Å². The first-order chi connectivity index (χ1) is 10.5. The Labute approximate surface area is 127 Å². The van der Waals surface area contributed by atoms with Crippen molar-refractivity contribution in [2.75, 3.05) is 0 Å². The molecule has 0 fully saturated rings. The number of rotatable bonds is 2. The van der Waals surface area contributed by atoms with Crippen molar-refractivity contribution in [2.24, 2.45) is 0 Å². The quantitative estimate of drug-likeness (QED) is 0.663. The van der Waals surface area contributed by atoms with Gasteiger partial charge in [0.2, 0.25) is 0 Å². The molecule has 0 aliphatic rings. The van der Waals surface area contributed by atoms with Crippen LogP contribution in [0.5, 0.6) is 0 Å².